The third-order valence-corrected chi connectivity index (χ3v) is 4.65. The van der Waals surface area contributed by atoms with Crippen LogP contribution in [-0.4, -0.2) is 47.8 Å². The SMILES string of the molecule is O=C(Cc1ccc(F)cc1)N1CCN(C(=O)c2ccccc2C(F)(F)F)CC1. The smallest absolute Gasteiger partial charge is 0.339 e. The van der Waals surface area contributed by atoms with Crippen molar-refractivity contribution in [3.63, 3.8) is 0 Å². The van der Waals surface area contributed by atoms with Crippen LogP contribution in [0.5, 0.6) is 0 Å². The van der Waals surface area contributed by atoms with Crippen molar-refractivity contribution in [2.45, 2.75) is 12.6 Å². The van der Waals surface area contributed by atoms with Crippen LogP contribution in [0.4, 0.5) is 17.6 Å². The Kier molecular flexibility index (Phi) is 5.67. The quantitative estimate of drug-likeness (QED) is 0.749. The van der Waals surface area contributed by atoms with E-state index in [1.54, 1.807) is 4.90 Å². The molecule has 2 aromatic carbocycles. The van der Waals surface area contributed by atoms with Gasteiger partial charge in [-0.15, -0.1) is 0 Å². The standard InChI is InChI=1S/C20H18F4N2O2/c21-15-7-5-14(6-8-15)13-18(27)25-9-11-26(12-10-25)19(28)16-3-1-2-4-17(16)20(22,23)24/h1-8H,9-13H2. The number of hydrogen-bond donors (Lipinski definition) is 0. The lowest BCUT2D eigenvalue weighted by atomic mass is 10.1. The molecular formula is C20H18F4N2O2. The molecule has 1 fully saturated rings. The summed E-state index contributed by atoms with van der Waals surface area (Å²) in [5.74, 6) is -1.25. The number of piperazine rings is 1. The number of carbonyl (C=O) groups excluding carboxylic acids is 2. The van der Waals surface area contributed by atoms with E-state index in [-0.39, 0.29) is 49.9 Å². The van der Waals surface area contributed by atoms with Crippen LogP contribution in [-0.2, 0) is 17.4 Å². The lowest BCUT2D eigenvalue weighted by Gasteiger charge is -2.35. The average molecular weight is 394 g/mol. The van der Waals surface area contributed by atoms with E-state index in [2.05, 4.69) is 0 Å². The van der Waals surface area contributed by atoms with Crippen molar-refractivity contribution >= 4 is 11.8 Å². The van der Waals surface area contributed by atoms with Crippen molar-refractivity contribution in [2.75, 3.05) is 26.2 Å². The molecular weight excluding hydrogens is 376 g/mol. The highest BCUT2D eigenvalue weighted by molar-refractivity contribution is 5.96. The fraction of sp³-hybridized carbons (Fsp3) is 0.300. The van der Waals surface area contributed by atoms with Crippen LogP contribution < -0.4 is 0 Å². The molecule has 3 rings (SSSR count). The number of carbonyl (C=O) groups is 2. The summed E-state index contributed by atoms with van der Waals surface area (Å²) < 4.78 is 52.3. The maximum atomic E-state index is 13.1. The molecule has 28 heavy (non-hydrogen) atoms. The lowest BCUT2D eigenvalue weighted by Crippen LogP contribution is -2.51. The Labute approximate surface area is 159 Å². The van der Waals surface area contributed by atoms with Gasteiger partial charge >= 0.3 is 6.18 Å². The fourth-order valence-electron chi connectivity index (χ4n) is 3.13. The van der Waals surface area contributed by atoms with Gasteiger partial charge in [0, 0.05) is 26.2 Å². The maximum absolute atomic E-state index is 13.1. The molecule has 1 saturated heterocycles. The molecule has 0 bridgehead atoms. The number of nitrogens with zero attached hydrogens (tertiary/aromatic N) is 2. The van der Waals surface area contributed by atoms with Gasteiger partial charge < -0.3 is 9.80 Å². The van der Waals surface area contributed by atoms with Gasteiger partial charge in [-0.3, -0.25) is 9.59 Å². The van der Waals surface area contributed by atoms with Gasteiger partial charge in [0.15, 0.2) is 0 Å². The van der Waals surface area contributed by atoms with E-state index in [4.69, 9.17) is 0 Å². The summed E-state index contributed by atoms with van der Waals surface area (Å²) in [6.45, 7) is 0.778. The van der Waals surface area contributed by atoms with E-state index in [0.717, 1.165) is 12.1 Å². The van der Waals surface area contributed by atoms with Crippen LogP contribution in [0.3, 0.4) is 0 Å². The van der Waals surface area contributed by atoms with E-state index in [0.29, 0.717) is 5.56 Å². The van der Waals surface area contributed by atoms with Crippen LogP contribution in [0.25, 0.3) is 0 Å². The number of alkyl halides is 3. The largest absolute Gasteiger partial charge is 0.417 e. The van der Waals surface area contributed by atoms with Gasteiger partial charge in [-0.1, -0.05) is 24.3 Å². The van der Waals surface area contributed by atoms with Gasteiger partial charge in [0.05, 0.1) is 17.5 Å². The number of halogens is 4. The van der Waals surface area contributed by atoms with Gasteiger partial charge in [-0.25, -0.2) is 4.39 Å². The fourth-order valence-corrected chi connectivity index (χ4v) is 3.13. The predicted octanol–water partition coefficient (Wildman–Crippen LogP) is 3.37. The van der Waals surface area contributed by atoms with Crippen LogP contribution in [0.15, 0.2) is 48.5 Å². The first-order valence-corrected chi connectivity index (χ1v) is 8.73. The second-order valence-electron chi connectivity index (χ2n) is 6.52. The first kappa shape index (κ1) is 19.9. The topological polar surface area (TPSA) is 40.6 Å². The Balaban J connectivity index is 1.62. The minimum Gasteiger partial charge on any atom is -0.339 e. The number of rotatable bonds is 3. The first-order chi connectivity index (χ1) is 13.3. The molecule has 1 aliphatic heterocycles. The maximum Gasteiger partial charge on any atom is 0.417 e. The van der Waals surface area contributed by atoms with Crippen LogP contribution >= 0.6 is 0 Å². The molecule has 8 heteroatoms. The monoisotopic (exact) mass is 394 g/mol. The van der Waals surface area contributed by atoms with E-state index in [9.17, 15) is 27.2 Å². The minimum absolute atomic E-state index is 0.102. The zero-order valence-electron chi connectivity index (χ0n) is 14.9. The molecule has 0 radical (unpaired) electrons. The summed E-state index contributed by atoms with van der Waals surface area (Å²) >= 11 is 0. The minimum atomic E-state index is -4.61. The molecule has 0 aromatic heterocycles. The zero-order valence-corrected chi connectivity index (χ0v) is 14.9. The first-order valence-electron chi connectivity index (χ1n) is 8.73. The van der Waals surface area contributed by atoms with E-state index in [1.807, 2.05) is 0 Å². The summed E-state index contributed by atoms with van der Waals surface area (Å²) in [5, 5.41) is 0. The van der Waals surface area contributed by atoms with Gasteiger partial charge in [0.25, 0.3) is 5.91 Å². The van der Waals surface area contributed by atoms with E-state index in [1.165, 1.54) is 41.3 Å². The lowest BCUT2D eigenvalue weighted by molar-refractivity contribution is -0.138. The molecule has 148 valence electrons. The average Bonchev–Trinajstić information content (AvgIpc) is 2.68. The van der Waals surface area contributed by atoms with Crippen LogP contribution in [0, 0.1) is 5.82 Å². The van der Waals surface area contributed by atoms with Gasteiger partial charge in [0.2, 0.25) is 5.91 Å². The van der Waals surface area contributed by atoms with Gasteiger partial charge in [-0.05, 0) is 29.8 Å². The summed E-state index contributed by atoms with van der Waals surface area (Å²) in [7, 11) is 0. The van der Waals surface area contributed by atoms with Crippen molar-refractivity contribution in [2.24, 2.45) is 0 Å². The highest BCUT2D eigenvalue weighted by atomic mass is 19.4. The molecule has 0 atom stereocenters. The number of benzene rings is 2. The van der Waals surface area contributed by atoms with Crippen LogP contribution in [0.1, 0.15) is 21.5 Å². The van der Waals surface area contributed by atoms with E-state index >= 15 is 0 Å². The Bertz CT molecular complexity index is 857. The molecule has 0 aliphatic carbocycles. The molecule has 0 spiro atoms. The van der Waals surface area contributed by atoms with Gasteiger partial charge in [0.1, 0.15) is 5.82 Å². The van der Waals surface area contributed by atoms with Crippen molar-refractivity contribution in [1.29, 1.82) is 0 Å². The molecule has 0 unspecified atom stereocenters. The molecule has 4 nitrogen and oxygen atoms in total. The molecule has 0 saturated carbocycles. The van der Waals surface area contributed by atoms with Crippen LogP contribution in [0.2, 0.25) is 0 Å². The summed E-state index contributed by atoms with van der Waals surface area (Å²) in [4.78, 5) is 27.8. The van der Waals surface area contributed by atoms with Crippen molar-refractivity contribution < 1.29 is 27.2 Å². The second-order valence-corrected chi connectivity index (χ2v) is 6.52. The summed E-state index contributed by atoms with van der Waals surface area (Å²) in [5.41, 5.74) is -0.681. The zero-order chi connectivity index (χ0) is 20.3. The number of hydrogen-bond acceptors (Lipinski definition) is 2. The predicted molar refractivity (Wildman–Crippen MR) is 94.0 cm³/mol. The Hall–Kier alpha value is -2.90. The molecule has 2 amide bonds. The highest BCUT2D eigenvalue weighted by Gasteiger charge is 2.36. The third kappa shape index (κ3) is 4.49. The number of amides is 2. The molecule has 2 aromatic rings. The second kappa shape index (κ2) is 8.00. The van der Waals surface area contributed by atoms with E-state index < -0.39 is 17.6 Å². The molecule has 0 N–H and O–H groups in total. The van der Waals surface area contributed by atoms with Crippen molar-refractivity contribution in [3.8, 4) is 0 Å². The Morgan fingerprint density at radius 2 is 1.43 bits per heavy atom. The third-order valence-electron chi connectivity index (χ3n) is 4.65. The Morgan fingerprint density at radius 1 is 0.857 bits per heavy atom. The highest BCUT2D eigenvalue weighted by Crippen LogP contribution is 2.32. The summed E-state index contributed by atoms with van der Waals surface area (Å²) in [6, 6.07) is 10.3. The van der Waals surface area contributed by atoms with Crippen molar-refractivity contribution in [1.82, 2.24) is 9.80 Å². The van der Waals surface area contributed by atoms with Gasteiger partial charge in [-0.2, -0.15) is 13.2 Å². The Morgan fingerprint density at radius 3 is 2.04 bits per heavy atom. The molecule has 1 aliphatic rings. The summed E-state index contributed by atoms with van der Waals surface area (Å²) in [6.07, 6.45) is -4.51. The molecule has 1 heterocycles. The normalized spacial score (nSPS) is 14.9. The van der Waals surface area contributed by atoms with Crippen molar-refractivity contribution in [3.05, 3.63) is 71.0 Å².